The molecule has 1 heterocycles. The molecule has 1 aromatic heterocycles. The molecule has 0 unspecified atom stereocenters. The summed E-state index contributed by atoms with van der Waals surface area (Å²) in [5, 5.41) is 10.8. The number of aromatic nitrogens is 3. The molecular formula is C21H18BrN5O2. The van der Waals surface area contributed by atoms with Crippen LogP contribution in [0.3, 0.4) is 0 Å². The van der Waals surface area contributed by atoms with Gasteiger partial charge in [-0.2, -0.15) is 0 Å². The van der Waals surface area contributed by atoms with E-state index in [0.717, 1.165) is 10.2 Å². The number of anilines is 1. The largest absolute Gasteiger partial charge is 0.331 e. The van der Waals surface area contributed by atoms with Gasteiger partial charge in [0, 0.05) is 22.8 Å². The van der Waals surface area contributed by atoms with E-state index in [9.17, 15) is 9.59 Å². The maximum atomic E-state index is 12.8. The fourth-order valence-electron chi connectivity index (χ4n) is 2.74. The predicted molar refractivity (Wildman–Crippen MR) is 114 cm³/mol. The van der Waals surface area contributed by atoms with Crippen molar-refractivity contribution in [3.05, 3.63) is 70.0 Å². The van der Waals surface area contributed by atoms with Gasteiger partial charge in [-0.05, 0) is 43.3 Å². The van der Waals surface area contributed by atoms with E-state index in [1.54, 1.807) is 35.9 Å². The van der Waals surface area contributed by atoms with E-state index in [2.05, 4.69) is 37.5 Å². The Hall–Kier alpha value is -3.44. The van der Waals surface area contributed by atoms with Gasteiger partial charge in [-0.3, -0.25) is 9.59 Å². The summed E-state index contributed by atoms with van der Waals surface area (Å²) in [5.74, 6) is 1.78. The van der Waals surface area contributed by atoms with Gasteiger partial charge in [-0.1, -0.05) is 39.2 Å². The maximum absolute atomic E-state index is 12.8. The van der Waals surface area contributed by atoms with Crippen molar-refractivity contribution in [3.63, 3.8) is 0 Å². The van der Waals surface area contributed by atoms with Crippen LogP contribution in [0.15, 0.2) is 53.0 Å². The lowest BCUT2D eigenvalue weighted by Crippen LogP contribution is -2.35. The third-order valence-electron chi connectivity index (χ3n) is 4.19. The maximum Gasteiger partial charge on any atom is 0.276 e. The molecule has 0 saturated heterocycles. The lowest BCUT2D eigenvalue weighted by molar-refractivity contribution is -0.116. The Kier molecular flexibility index (Phi) is 6.10. The van der Waals surface area contributed by atoms with Crippen LogP contribution in [0.4, 0.5) is 5.69 Å². The number of nitrogens with one attached hydrogen (secondary N) is 1. The zero-order valence-electron chi connectivity index (χ0n) is 15.9. The van der Waals surface area contributed by atoms with Gasteiger partial charge in [-0.25, -0.2) is 4.68 Å². The number of likely N-dealkylation sites (N-methyl/N-ethyl adjacent to an activating group) is 1. The molecule has 3 aromatic rings. The number of benzene rings is 2. The summed E-state index contributed by atoms with van der Waals surface area (Å²) in [6.07, 6.45) is 5.37. The van der Waals surface area contributed by atoms with E-state index < -0.39 is 5.91 Å². The van der Waals surface area contributed by atoms with Crippen molar-refractivity contribution in [2.24, 2.45) is 0 Å². The van der Waals surface area contributed by atoms with E-state index in [0.29, 0.717) is 16.9 Å². The molecule has 0 aliphatic rings. The lowest BCUT2D eigenvalue weighted by Gasteiger charge is -2.16. The average molecular weight is 452 g/mol. The van der Waals surface area contributed by atoms with Gasteiger partial charge in [-0.15, -0.1) is 11.5 Å². The Morgan fingerprint density at radius 3 is 2.72 bits per heavy atom. The molecule has 7 nitrogen and oxygen atoms in total. The minimum Gasteiger partial charge on any atom is -0.331 e. The molecule has 0 atom stereocenters. The van der Waals surface area contributed by atoms with Gasteiger partial charge in [0.15, 0.2) is 5.69 Å². The number of hydrogen-bond donors (Lipinski definition) is 1. The number of hydrogen-bond acceptors (Lipinski definition) is 4. The van der Waals surface area contributed by atoms with Gasteiger partial charge >= 0.3 is 0 Å². The first-order valence-corrected chi connectivity index (χ1v) is 9.48. The van der Waals surface area contributed by atoms with E-state index in [1.807, 2.05) is 24.3 Å². The second kappa shape index (κ2) is 8.71. The highest BCUT2D eigenvalue weighted by molar-refractivity contribution is 9.10. The Morgan fingerprint density at radius 1 is 1.24 bits per heavy atom. The second-order valence-corrected chi connectivity index (χ2v) is 7.27. The average Bonchev–Trinajstić information content (AvgIpc) is 3.08. The normalized spacial score (nSPS) is 10.3. The molecule has 2 aromatic carbocycles. The van der Waals surface area contributed by atoms with Crippen molar-refractivity contribution < 1.29 is 9.59 Å². The standard InChI is InChI=1S/C21H18BrN5O2/c1-4-15-7-5-9-17(11-15)23-19(28)13-26(3)21(29)20-14(2)27(25-24-20)18-10-6-8-16(22)12-18/h1,5-12H,13H2,2-3H3,(H,23,28). The third kappa shape index (κ3) is 4.70. The predicted octanol–water partition coefficient (Wildman–Crippen LogP) is 3.03. The van der Waals surface area contributed by atoms with Crippen LogP contribution in [0.5, 0.6) is 0 Å². The van der Waals surface area contributed by atoms with E-state index in [4.69, 9.17) is 6.42 Å². The first-order chi connectivity index (χ1) is 13.9. The van der Waals surface area contributed by atoms with Crippen LogP contribution in [-0.2, 0) is 4.79 Å². The molecule has 0 aliphatic carbocycles. The van der Waals surface area contributed by atoms with Crippen LogP contribution >= 0.6 is 15.9 Å². The number of nitrogens with zero attached hydrogens (tertiary/aromatic N) is 4. The Bertz CT molecular complexity index is 1120. The highest BCUT2D eigenvalue weighted by atomic mass is 79.9. The molecule has 0 aliphatic heterocycles. The van der Waals surface area contributed by atoms with Crippen molar-refractivity contribution in [2.45, 2.75) is 6.92 Å². The number of carbonyl (C=O) groups excluding carboxylic acids is 2. The molecule has 0 spiro atoms. The van der Waals surface area contributed by atoms with Crippen molar-refractivity contribution in [1.29, 1.82) is 0 Å². The molecule has 0 fully saturated rings. The Morgan fingerprint density at radius 2 is 2.00 bits per heavy atom. The smallest absolute Gasteiger partial charge is 0.276 e. The Balaban J connectivity index is 1.70. The van der Waals surface area contributed by atoms with Crippen molar-refractivity contribution in [3.8, 4) is 18.0 Å². The summed E-state index contributed by atoms with van der Waals surface area (Å²) in [5.41, 5.74) is 2.78. The topological polar surface area (TPSA) is 80.1 Å². The SMILES string of the molecule is C#Cc1cccc(NC(=O)CN(C)C(=O)c2nnn(-c3cccc(Br)c3)c2C)c1. The first-order valence-electron chi connectivity index (χ1n) is 8.69. The van der Waals surface area contributed by atoms with E-state index in [1.165, 1.54) is 11.9 Å². The Labute approximate surface area is 176 Å². The number of amides is 2. The zero-order chi connectivity index (χ0) is 21.0. The van der Waals surface area contributed by atoms with Gasteiger partial charge in [0.2, 0.25) is 5.91 Å². The van der Waals surface area contributed by atoms with E-state index >= 15 is 0 Å². The molecule has 29 heavy (non-hydrogen) atoms. The molecule has 0 radical (unpaired) electrons. The lowest BCUT2D eigenvalue weighted by atomic mass is 10.2. The number of terminal acetylenes is 1. The molecular weight excluding hydrogens is 434 g/mol. The monoisotopic (exact) mass is 451 g/mol. The first kappa shape index (κ1) is 20.3. The molecule has 0 bridgehead atoms. The molecule has 146 valence electrons. The number of rotatable bonds is 5. The highest BCUT2D eigenvalue weighted by Gasteiger charge is 2.22. The van der Waals surface area contributed by atoms with Crippen LogP contribution in [0, 0.1) is 19.3 Å². The van der Waals surface area contributed by atoms with Crippen LogP contribution < -0.4 is 5.32 Å². The van der Waals surface area contributed by atoms with Crippen LogP contribution in [0.2, 0.25) is 0 Å². The summed E-state index contributed by atoms with van der Waals surface area (Å²) in [7, 11) is 1.54. The van der Waals surface area contributed by atoms with Crippen LogP contribution in [-0.4, -0.2) is 45.3 Å². The van der Waals surface area contributed by atoms with Crippen molar-refractivity contribution in [2.75, 3.05) is 18.9 Å². The second-order valence-electron chi connectivity index (χ2n) is 6.35. The van der Waals surface area contributed by atoms with Gasteiger partial charge in [0.05, 0.1) is 17.9 Å². The molecule has 3 rings (SSSR count). The summed E-state index contributed by atoms with van der Waals surface area (Å²) < 4.78 is 2.47. The molecule has 2 amide bonds. The zero-order valence-corrected chi connectivity index (χ0v) is 17.5. The number of halogens is 1. The van der Waals surface area contributed by atoms with Crippen LogP contribution in [0.1, 0.15) is 21.7 Å². The van der Waals surface area contributed by atoms with Gasteiger partial charge in [0.1, 0.15) is 0 Å². The summed E-state index contributed by atoms with van der Waals surface area (Å²) in [6.45, 7) is 1.62. The van der Waals surface area contributed by atoms with Crippen molar-refractivity contribution >= 4 is 33.4 Å². The highest BCUT2D eigenvalue weighted by Crippen LogP contribution is 2.18. The fourth-order valence-corrected chi connectivity index (χ4v) is 3.12. The van der Waals surface area contributed by atoms with Crippen molar-refractivity contribution in [1.82, 2.24) is 19.9 Å². The molecule has 8 heteroatoms. The van der Waals surface area contributed by atoms with Crippen LogP contribution in [0.25, 0.3) is 5.69 Å². The minimum absolute atomic E-state index is 0.137. The fraction of sp³-hybridized carbons (Fsp3) is 0.143. The molecule has 0 saturated carbocycles. The van der Waals surface area contributed by atoms with E-state index in [-0.39, 0.29) is 18.1 Å². The third-order valence-corrected chi connectivity index (χ3v) is 4.68. The summed E-state index contributed by atoms with van der Waals surface area (Å²) >= 11 is 3.41. The number of carbonyl (C=O) groups is 2. The van der Waals surface area contributed by atoms with Gasteiger partial charge < -0.3 is 10.2 Å². The molecule has 1 N–H and O–H groups in total. The summed E-state index contributed by atoms with van der Waals surface area (Å²) in [4.78, 5) is 26.4. The quantitative estimate of drug-likeness (QED) is 0.604. The minimum atomic E-state index is -0.392. The van der Waals surface area contributed by atoms with Gasteiger partial charge in [0.25, 0.3) is 5.91 Å². The summed E-state index contributed by atoms with van der Waals surface area (Å²) in [6, 6.07) is 14.4.